The van der Waals surface area contributed by atoms with Crippen molar-refractivity contribution in [1.29, 1.82) is 0 Å². The van der Waals surface area contributed by atoms with Crippen LogP contribution in [-0.2, 0) is 4.74 Å². The van der Waals surface area contributed by atoms with Crippen molar-refractivity contribution in [2.45, 2.75) is 24.7 Å². The van der Waals surface area contributed by atoms with Gasteiger partial charge in [0.1, 0.15) is 47.0 Å². The number of phenols is 1. The second-order valence-corrected chi connectivity index (χ2v) is 5.80. The van der Waals surface area contributed by atoms with Gasteiger partial charge in [0.05, 0.1) is 12.2 Å². The summed E-state index contributed by atoms with van der Waals surface area (Å²) in [6.07, 6.45) is -2.22. The molecule has 0 radical (unpaired) electrons. The first-order chi connectivity index (χ1) is 10.4. The summed E-state index contributed by atoms with van der Waals surface area (Å²) in [4.78, 5) is 12.1. The van der Waals surface area contributed by atoms with Crippen molar-refractivity contribution in [1.82, 2.24) is 0 Å². The third-order valence-electron chi connectivity index (χ3n) is 4.23. The minimum atomic E-state index is -1.55. The highest BCUT2D eigenvalue weighted by atomic mass is 16.6. The molecular weight excluding hydrogens is 292 g/mol. The Hall–Kier alpha value is -2.09. The maximum Gasteiger partial charge on any atom is 0.196 e. The second-order valence-electron chi connectivity index (χ2n) is 5.80. The number of aliphatic hydroxyl groups is 2. The molecule has 22 heavy (non-hydrogen) atoms. The number of rotatable bonds is 0. The Kier molecular flexibility index (Phi) is 2.60. The molecule has 2 aliphatic rings. The Labute approximate surface area is 124 Å². The van der Waals surface area contributed by atoms with Crippen molar-refractivity contribution >= 4 is 11.0 Å². The van der Waals surface area contributed by atoms with Gasteiger partial charge >= 0.3 is 0 Å². The van der Waals surface area contributed by atoms with Crippen LogP contribution in [0.5, 0.6) is 11.5 Å². The number of fused-ring (bicyclic) bond motifs is 5. The van der Waals surface area contributed by atoms with Gasteiger partial charge in [0.2, 0.25) is 0 Å². The van der Waals surface area contributed by atoms with E-state index in [1.165, 1.54) is 12.1 Å². The summed E-state index contributed by atoms with van der Waals surface area (Å²) < 4.78 is 16.4. The Morgan fingerprint density at radius 3 is 2.86 bits per heavy atom. The van der Waals surface area contributed by atoms with E-state index in [1.54, 1.807) is 6.92 Å². The topological polar surface area (TPSA) is 109 Å². The third kappa shape index (κ3) is 1.64. The van der Waals surface area contributed by atoms with Crippen LogP contribution in [0, 0.1) is 6.92 Å². The summed E-state index contributed by atoms with van der Waals surface area (Å²) in [6, 6.07) is 2.74. The number of aliphatic hydroxyl groups excluding tert-OH is 1. The van der Waals surface area contributed by atoms with E-state index < -0.39 is 23.2 Å². The quantitative estimate of drug-likeness (QED) is 0.645. The van der Waals surface area contributed by atoms with Crippen molar-refractivity contribution in [2.75, 3.05) is 13.2 Å². The summed E-state index contributed by atoms with van der Waals surface area (Å²) >= 11 is 0. The summed E-state index contributed by atoms with van der Waals surface area (Å²) in [7, 11) is 0. The minimum absolute atomic E-state index is 0.00101. The normalized spacial score (nSPS) is 30.0. The molecule has 1 fully saturated rings. The first kappa shape index (κ1) is 13.6. The lowest BCUT2D eigenvalue weighted by Crippen LogP contribution is -2.46. The largest absolute Gasteiger partial charge is 0.506 e. The maximum atomic E-state index is 12.1. The van der Waals surface area contributed by atoms with Crippen LogP contribution in [0.25, 0.3) is 11.0 Å². The third-order valence-corrected chi connectivity index (χ3v) is 4.23. The summed E-state index contributed by atoms with van der Waals surface area (Å²) in [6.45, 7) is 1.33. The highest BCUT2D eigenvalue weighted by Crippen LogP contribution is 2.48. The summed E-state index contributed by atoms with van der Waals surface area (Å²) in [5.74, 6) is 0.275. The van der Waals surface area contributed by atoms with Crippen LogP contribution in [0.15, 0.2) is 21.3 Å². The number of ether oxygens (including phenoxy) is 2. The van der Waals surface area contributed by atoms with E-state index in [-0.39, 0.29) is 41.2 Å². The van der Waals surface area contributed by atoms with Gasteiger partial charge in [-0.1, -0.05) is 0 Å². The minimum Gasteiger partial charge on any atom is -0.506 e. The van der Waals surface area contributed by atoms with Gasteiger partial charge in [0.15, 0.2) is 11.0 Å². The van der Waals surface area contributed by atoms with Gasteiger partial charge in [-0.15, -0.1) is 0 Å². The molecule has 1 saturated heterocycles. The van der Waals surface area contributed by atoms with Gasteiger partial charge in [-0.3, -0.25) is 4.79 Å². The predicted molar refractivity (Wildman–Crippen MR) is 74.0 cm³/mol. The molecule has 0 spiro atoms. The van der Waals surface area contributed by atoms with E-state index in [0.29, 0.717) is 5.76 Å². The molecular formula is C15H14O7. The van der Waals surface area contributed by atoms with Gasteiger partial charge < -0.3 is 29.2 Å². The van der Waals surface area contributed by atoms with Crippen LogP contribution in [0.3, 0.4) is 0 Å². The predicted octanol–water partition coefficient (Wildman–Crippen LogP) is 0.363. The molecule has 7 nitrogen and oxygen atoms in total. The fourth-order valence-electron chi connectivity index (χ4n) is 3.07. The summed E-state index contributed by atoms with van der Waals surface area (Å²) in [5, 5.41) is 31.0. The Morgan fingerprint density at radius 1 is 1.32 bits per heavy atom. The lowest BCUT2D eigenvalue weighted by molar-refractivity contribution is -0.0710. The first-order valence-electron chi connectivity index (χ1n) is 6.86. The molecule has 1 aromatic carbocycles. The summed E-state index contributed by atoms with van der Waals surface area (Å²) in [5.41, 5.74) is -1.61. The van der Waals surface area contributed by atoms with Crippen LogP contribution < -0.4 is 10.2 Å². The Morgan fingerprint density at radius 2 is 2.09 bits per heavy atom. The number of hydrogen-bond donors (Lipinski definition) is 3. The number of phenolic OH excluding ortho intramolecular Hbond substituents is 1. The van der Waals surface area contributed by atoms with E-state index in [9.17, 15) is 20.1 Å². The van der Waals surface area contributed by atoms with Crippen molar-refractivity contribution in [2.24, 2.45) is 0 Å². The van der Waals surface area contributed by atoms with Gasteiger partial charge in [0, 0.05) is 12.1 Å². The van der Waals surface area contributed by atoms with Gasteiger partial charge in [0.25, 0.3) is 0 Å². The highest BCUT2D eigenvalue weighted by Gasteiger charge is 2.53. The van der Waals surface area contributed by atoms with Crippen LogP contribution in [0.4, 0.5) is 0 Å². The molecule has 2 aromatic rings. The fourth-order valence-corrected chi connectivity index (χ4v) is 3.07. The number of aryl methyl sites for hydroxylation is 1. The zero-order valence-corrected chi connectivity index (χ0v) is 11.7. The molecule has 1 aromatic heterocycles. The molecule has 2 bridgehead atoms. The standard InChI is InChI=1S/C15H14O7/c1-6-2-7(16)10-9(22-6)3-8-11(12(10)17)13-14(18)15(19,4-20-8)5-21-13/h2-3,13-14,17-19H,4-5H2,1H3. The molecule has 2 aliphatic heterocycles. The monoisotopic (exact) mass is 306 g/mol. The molecule has 3 unspecified atom stereocenters. The number of benzene rings is 1. The van der Waals surface area contributed by atoms with E-state index >= 15 is 0 Å². The molecule has 0 amide bonds. The molecule has 4 rings (SSSR count). The molecule has 0 saturated carbocycles. The lowest BCUT2D eigenvalue weighted by atomic mass is 9.93. The Bertz CT molecular complexity index is 840. The average Bonchev–Trinajstić information content (AvgIpc) is 2.66. The molecule has 116 valence electrons. The van der Waals surface area contributed by atoms with Gasteiger partial charge in [-0.2, -0.15) is 0 Å². The molecule has 0 aliphatic carbocycles. The van der Waals surface area contributed by atoms with Crippen LogP contribution in [0.2, 0.25) is 0 Å². The zero-order valence-electron chi connectivity index (χ0n) is 11.7. The first-order valence-corrected chi connectivity index (χ1v) is 6.86. The number of aromatic hydroxyl groups is 1. The van der Waals surface area contributed by atoms with Crippen molar-refractivity contribution < 1.29 is 29.2 Å². The molecule has 7 heteroatoms. The van der Waals surface area contributed by atoms with Crippen molar-refractivity contribution in [3.8, 4) is 11.5 Å². The Balaban J connectivity index is 2.05. The smallest absolute Gasteiger partial charge is 0.196 e. The highest BCUT2D eigenvalue weighted by molar-refractivity contribution is 5.87. The van der Waals surface area contributed by atoms with E-state index in [1.807, 2.05) is 0 Å². The van der Waals surface area contributed by atoms with E-state index in [0.717, 1.165) is 0 Å². The van der Waals surface area contributed by atoms with Gasteiger partial charge in [-0.25, -0.2) is 0 Å². The molecule has 3 heterocycles. The lowest BCUT2D eigenvalue weighted by Gasteiger charge is -2.22. The van der Waals surface area contributed by atoms with Crippen LogP contribution in [-0.4, -0.2) is 40.2 Å². The van der Waals surface area contributed by atoms with E-state index in [4.69, 9.17) is 13.9 Å². The molecule has 3 atom stereocenters. The SMILES string of the molecule is Cc1cc(=O)c2c(O)c3c(cc2o1)OCC1(O)COC3C1O. The fraction of sp³-hybridized carbons (Fsp3) is 0.400. The van der Waals surface area contributed by atoms with Crippen molar-refractivity contribution in [3.63, 3.8) is 0 Å². The second kappa shape index (κ2) is 4.22. The average molecular weight is 306 g/mol. The zero-order chi connectivity index (χ0) is 15.6. The van der Waals surface area contributed by atoms with Crippen molar-refractivity contribution in [3.05, 3.63) is 33.7 Å². The van der Waals surface area contributed by atoms with Gasteiger partial charge in [-0.05, 0) is 6.92 Å². The van der Waals surface area contributed by atoms with E-state index in [2.05, 4.69) is 0 Å². The number of hydrogen-bond acceptors (Lipinski definition) is 7. The molecule has 3 N–H and O–H groups in total. The van der Waals surface area contributed by atoms with Crippen LogP contribution in [0.1, 0.15) is 17.4 Å². The maximum absolute atomic E-state index is 12.1. The van der Waals surface area contributed by atoms with Crippen LogP contribution >= 0.6 is 0 Å².